The van der Waals surface area contributed by atoms with E-state index in [-0.39, 0.29) is 11.5 Å². The Balaban J connectivity index is 3.16. The number of aryl methyl sites for hydroxylation is 1. The van der Waals surface area contributed by atoms with Crippen molar-refractivity contribution in [3.05, 3.63) is 11.4 Å². The molecule has 1 heterocycles. The Morgan fingerprint density at radius 3 is 2.45 bits per heavy atom. The molecule has 2 N–H and O–H groups in total. The van der Waals surface area contributed by atoms with Gasteiger partial charge in [-0.15, -0.1) is 0 Å². The Morgan fingerprint density at radius 2 is 1.95 bits per heavy atom. The quantitative estimate of drug-likeness (QED) is 0.796. The average Bonchev–Trinajstić information content (AvgIpc) is 2.53. The Hall–Kier alpha value is -0.920. The molecule has 20 heavy (non-hydrogen) atoms. The van der Waals surface area contributed by atoms with Crippen LogP contribution in [0.4, 0.5) is 0 Å². The van der Waals surface area contributed by atoms with Crippen LogP contribution in [-0.2, 0) is 16.6 Å². The molecule has 7 heteroatoms. The second-order valence-electron chi connectivity index (χ2n) is 5.69. The van der Waals surface area contributed by atoms with Gasteiger partial charge in [0.15, 0.2) is 0 Å². The molecule has 0 aromatic carbocycles. The van der Waals surface area contributed by atoms with Crippen molar-refractivity contribution in [1.29, 1.82) is 0 Å². The number of hydrogen-bond acceptors (Lipinski definition) is 4. The standard InChI is InChI=1S/C13H25N3O3S/c1-6-7-13(4,5)15-20(18,19)12-10(2)14-16(8-9-17)11(12)3/h15,17H,6-9H2,1-5H3. The number of rotatable bonds is 7. The van der Waals surface area contributed by atoms with Gasteiger partial charge in [0.1, 0.15) is 4.90 Å². The molecule has 0 unspecified atom stereocenters. The first-order chi connectivity index (χ1) is 9.14. The van der Waals surface area contributed by atoms with E-state index in [1.54, 1.807) is 13.8 Å². The van der Waals surface area contributed by atoms with Crippen molar-refractivity contribution in [3.63, 3.8) is 0 Å². The van der Waals surface area contributed by atoms with Crippen LogP contribution in [0.1, 0.15) is 45.0 Å². The third-order valence-electron chi connectivity index (χ3n) is 3.18. The fourth-order valence-corrected chi connectivity index (χ4v) is 4.33. The van der Waals surface area contributed by atoms with Gasteiger partial charge in [-0.05, 0) is 34.1 Å². The summed E-state index contributed by atoms with van der Waals surface area (Å²) in [6, 6.07) is 0. The summed E-state index contributed by atoms with van der Waals surface area (Å²) >= 11 is 0. The lowest BCUT2D eigenvalue weighted by Crippen LogP contribution is -2.43. The lowest BCUT2D eigenvalue weighted by atomic mass is 10.0. The minimum atomic E-state index is -3.61. The van der Waals surface area contributed by atoms with E-state index in [4.69, 9.17) is 5.11 Å². The van der Waals surface area contributed by atoms with Crippen LogP contribution >= 0.6 is 0 Å². The fourth-order valence-electron chi connectivity index (χ4n) is 2.47. The molecule has 1 aromatic heterocycles. The second kappa shape index (κ2) is 6.24. The molecule has 0 saturated carbocycles. The van der Waals surface area contributed by atoms with E-state index in [0.29, 0.717) is 17.9 Å². The highest BCUT2D eigenvalue weighted by molar-refractivity contribution is 7.89. The Morgan fingerprint density at radius 1 is 1.35 bits per heavy atom. The van der Waals surface area contributed by atoms with Gasteiger partial charge in [0.05, 0.1) is 24.5 Å². The van der Waals surface area contributed by atoms with Gasteiger partial charge in [0, 0.05) is 5.54 Å². The molecule has 0 aliphatic heterocycles. The molecular weight excluding hydrogens is 278 g/mol. The molecule has 6 nitrogen and oxygen atoms in total. The van der Waals surface area contributed by atoms with Gasteiger partial charge in [-0.25, -0.2) is 13.1 Å². The van der Waals surface area contributed by atoms with Crippen molar-refractivity contribution in [2.75, 3.05) is 6.61 Å². The van der Waals surface area contributed by atoms with Gasteiger partial charge < -0.3 is 5.11 Å². The van der Waals surface area contributed by atoms with Crippen LogP contribution in [0.2, 0.25) is 0 Å². The smallest absolute Gasteiger partial charge is 0.244 e. The Labute approximate surface area is 121 Å². The fraction of sp³-hybridized carbons (Fsp3) is 0.769. The minimum Gasteiger partial charge on any atom is -0.394 e. The zero-order valence-corrected chi connectivity index (χ0v) is 13.7. The molecular formula is C13H25N3O3S. The van der Waals surface area contributed by atoms with E-state index < -0.39 is 15.6 Å². The van der Waals surface area contributed by atoms with Gasteiger partial charge in [0.2, 0.25) is 10.0 Å². The number of nitrogens with one attached hydrogen (secondary N) is 1. The summed E-state index contributed by atoms with van der Waals surface area (Å²) in [4.78, 5) is 0.218. The third kappa shape index (κ3) is 3.80. The van der Waals surface area contributed by atoms with Gasteiger partial charge in [-0.1, -0.05) is 13.3 Å². The largest absolute Gasteiger partial charge is 0.394 e. The normalized spacial score (nSPS) is 12.9. The number of hydrogen-bond donors (Lipinski definition) is 2. The maximum Gasteiger partial charge on any atom is 0.244 e. The van der Waals surface area contributed by atoms with Crippen molar-refractivity contribution >= 4 is 10.0 Å². The molecule has 0 spiro atoms. The molecule has 0 aliphatic carbocycles. The molecule has 116 valence electrons. The predicted molar refractivity (Wildman–Crippen MR) is 78.1 cm³/mol. The topological polar surface area (TPSA) is 84.2 Å². The summed E-state index contributed by atoms with van der Waals surface area (Å²) < 4.78 is 29.4. The third-order valence-corrected chi connectivity index (χ3v) is 5.13. The maximum atomic E-state index is 12.6. The summed E-state index contributed by atoms with van der Waals surface area (Å²) in [6.07, 6.45) is 1.66. The van der Waals surface area contributed by atoms with Gasteiger partial charge >= 0.3 is 0 Å². The Kier molecular flexibility index (Phi) is 5.34. The predicted octanol–water partition coefficient (Wildman–Crippen LogP) is 1.35. The van der Waals surface area contributed by atoms with Gasteiger partial charge in [-0.2, -0.15) is 5.10 Å². The molecule has 0 saturated heterocycles. The number of aromatic nitrogens is 2. The van der Waals surface area contributed by atoms with Crippen molar-refractivity contribution in [2.45, 2.75) is 64.4 Å². The van der Waals surface area contributed by atoms with E-state index in [0.717, 1.165) is 12.8 Å². The highest BCUT2D eigenvalue weighted by atomic mass is 32.2. The summed E-state index contributed by atoms with van der Waals surface area (Å²) in [7, 11) is -3.61. The first-order valence-electron chi connectivity index (χ1n) is 6.83. The van der Waals surface area contributed by atoms with E-state index in [1.165, 1.54) is 4.68 Å². The van der Waals surface area contributed by atoms with Crippen LogP contribution in [0.3, 0.4) is 0 Å². The summed E-state index contributed by atoms with van der Waals surface area (Å²) in [6.45, 7) is 9.36. The number of aliphatic hydroxyl groups excluding tert-OH is 1. The average molecular weight is 303 g/mol. The van der Waals surface area contributed by atoms with Crippen LogP contribution in [0, 0.1) is 13.8 Å². The lowest BCUT2D eigenvalue weighted by molar-refractivity contribution is 0.267. The number of aliphatic hydroxyl groups is 1. The molecule has 0 aliphatic rings. The van der Waals surface area contributed by atoms with Gasteiger partial charge in [0.25, 0.3) is 0 Å². The highest BCUT2D eigenvalue weighted by Gasteiger charge is 2.30. The molecule has 0 amide bonds. The van der Waals surface area contributed by atoms with Crippen LogP contribution < -0.4 is 4.72 Å². The van der Waals surface area contributed by atoms with E-state index >= 15 is 0 Å². The molecule has 1 rings (SSSR count). The van der Waals surface area contributed by atoms with Crippen LogP contribution in [0.25, 0.3) is 0 Å². The highest BCUT2D eigenvalue weighted by Crippen LogP contribution is 2.22. The van der Waals surface area contributed by atoms with E-state index in [2.05, 4.69) is 9.82 Å². The Bertz CT molecular complexity index is 562. The lowest BCUT2D eigenvalue weighted by Gasteiger charge is -2.25. The monoisotopic (exact) mass is 303 g/mol. The minimum absolute atomic E-state index is 0.0732. The molecule has 0 bridgehead atoms. The molecule has 0 atom stereocenters. The van der Waals surface area contributed by atoms with E-state index in [1.807, 2.05) is 20.8 Å². The maximum absolute atomic E-state index is 12.6. The summed E-state index contributed by atoms with van der Waals surface area (Å²) in [5, 5.41) is 13.2. The molecule has 0 radical (unpaired) electrons. The van der Waals surface area contributed by atoms with Crippen molar-refractivity contribution in [2.24, 2.45) is 0 Å². The summed E-state index contributed by atoms with van der Waals surface area (Å²) in [5.74, 6) is 0. The first kappa shape index (κ1) is 17.1. The first-order valence-corrected chi connectivity index (χ1v) is 8.32. The summed E-state index contributed by atoms with van der Waals surface area (Å²) in [5.41, 5.74) is 0.512. The SMILES string of the molecule is CCCC(C)(C)NS(=O)(=O)c1c(C)nn(CCO)c1C. The second-order valence-corrected chi connectivity index (χ2v) is 7.31. The van der Waals surface area contributed by atoms with Crippen LogP contribution in [0.5, 0.6) is 0 Å². The molecule has 0 fully saturated rings. The van der Waals surface area contributed by atoms with Crippen molar-refractivity contribution in [3.8, 4) is 0 Å². The van der Waals surface area contributed by atoms with E-state index in [9.17, 15) is 8.42 Å². The zero-order valence-electron chi connectivity index (χ0n) is 12.9. The zero-order chi connectivity index (χ0) is 15.6. The number of nitrogens with zero attached hydrogens (tertiary/aromatic N) is 2. The van der Waals surface area contributed by atoms with Crippen LogP contribution in [-0.4, -0.2) is 35.5 Å². The van der Waals surface area contributed by atoms with Crippen molar-refractivity contribution < 1.29 is 13.5 Å². The van der Waals surface area contributed by atoms with Crippen LogP contribution in [0.15, 0.2) is 4.90 Å². The van der Waals surface area contributed by atoms with Gasteiger partial charge in [-0.3, -0.25) is 4.68 Å². The van der Waals surface area contributed by atoms with Crippen molar-refractivity contribution in [1.82, 2.24) is 14.5 Å². The molecule has 1 aromatic rings. The number of sulfonamides is 1.